The summed E-state index contributed by atoms with van der Waals surface area (Å²) in [5.41, 5.74) is 21.5. The lowest BCUT2D eigenvalue weighted by molar-refractivity contribution is 1.21. The van der Waals surface area contributed by atoms with Crippen molar-refractivity contribution in [1.82, 2.24) is 8.96 Å². The topological polar surface area (TPSA) is 16.3 Å². The van der Waals surface area contributed by atoms with Gasteiger partial charge in [0.05, 0.1) is 0 Å². The van der Waals surface area contributed by atoms with Crippen molar-refractivity contribution in [2.45, 2.75) is 0 Å². The molecule has 6 heteroatoms. The second-order valence-electron chi connectivity index (χ2n) is 16.8. The van der Waals surface area contributed by atoms with Crippen LogP contribution < -0.4 is 31.7 Å². The molecule has 0 amide bonds. The number of nitrogens with zero attached hydrogens (tertiary/aromatic N) is 4. The van der Waals surface area contributed by atoms with Gasteiger partial charge in [-0.15, -0.1) is 0 Å². The van der Waals surface area contributed by atoms with Crippen LogP contribution in [-0.2, 0) is 0 Å². The monoisotopic (exact) mass is 774 g/mol. The van der Waals surface area contributed by atoms with Gasteiger partial charge >= 0.3 is 13.7 Å². The molecule has 11 aromatic rings. The second-order valence-corrected chi connectivity index (χ2v) is 16.8. The molecule has 282 valence electrons. The summed E-state index contributed by atoms with van der Waals surface area (Å²) in [5, 5.41) is 5.18. The van der Waals surface area contributed by atoms with Gasteiger partial charge in [-0.3, -0.25) is 0 Å². The molecule has 3 aliphatic rings. The predicted molar refractivity (Wildman–Crippen MR) is 260 cm³/mol. The Morgan fingerprint density at radius 2 is 0.951 bits per heavy atom. The molecule has 2 aromatic heterocycles. The summed E-state index contributed by atoms with van der Waals surface area (Å²) in [5.74, 6) is 0. The Morgan fingerprint density at radius 3 is 1.64 bits per heavy atom. The van der Waals surface area contributed by atoms with Gasteiger partial charge in [-0.1, -0.05) is 151 Å². The molecule has 0 aliphatic carbocycles. The molecule has 9 aromatic carbocycles. The number of benzene rings is 9. The summed E-state index contributed by atoms with van der Waals surface area (Å²) in [6, 6.07) is 74.7. The van der Waals surface area contributed by atoms with E-state index in [9.17, 15) is 0 Å². The van der Waals surface area contributed by atoms with E-state index in [0.717, 1.165) is 11.4 Å². The van der Waals surface area contributed by atoms with Gasteiger partial charge in [0.15, 0.2) is 0 Å². The van der Waals surface area contributed by atoms with Gasteiger partial charge in [0.2, 0.25) is 0 Å². The molecule has 0 fully saturated rings. The maximum atomic E-state index is 2.67. The molecule has 0 N–H and O–H groups in total. The molecule has 14 rings (SSSR count). The highest BCUT2D eigenvalue weighted by Gasteiger charge is 2.44. The zero-order valence-corrected chi connectivity index (χ0v) is 33.5. The number of hydrogen-bond acceptors (Lipinski definition) is 2. The van der Waals surface area contributed by atoms with Crippen LogP contribution >= 0.6 is 0 Å². The molecule has 5 heterocycles. The van der Waals surface area contributed by atoms with Crippen LogP contribution in [0.1, 0.15) is 0 Å². The van der Waals surface area contributed by atoms with Crippen molar-refractivity contribution >= 4 is 108 Å². The average Bonchev–Trinajstić information content (AvgIpc) is 3.85. The highest BCUT2D eigenvalue weighted by atomic mass is 15.2. The van der Waals surface area contributed by atoms with Crippen molar-refractivity contribution in [2.75, 3.05) is 16.8 Å². The normalized spacial score (nSPS) is 13.2. The van der Waals surface area contributed by atoms with E-state index in [2.05, 4.69) is 226 Å². The van der Waals surface area contributed by atoms with Gasteiger partial charge in [-0.25, -0.2) is 0 Å². The summed E-state index contributed by atoms with van der Waals surface area (Å²) >= 11 is 0. The summed E-state index contributed by atoms with van der Waals surface area (Å²) in [4.78, 5) is 4.88. The summed E-state index contributed by atoms with van der Waals surface area (Å²) < 4.78 is 5.32. The standard InChI is InChI=1S/C55H36B2N4/c1-58(36-16-4-2-5-17-36)50-30-14-22-40-44-26-12-24-42-38-20-8-10-28-47(38)60(54(42)44)56(52(40)50)35-32-33-49-46(34-35)57-53-41(23-15-31-51(53)59(49)37-18-6-3-7-19-37)45-27-13-25-43-39-21-9-11-29-48(39)61(57)55(43)45/h2-34H,1H3. The van der Waals surface area contributed by atoms with Crippen LogP contribution in [0, 0.1) is 0 Å². The molecule has 0 spiro atoms. The average molecular weight is 775 g/mol. The van der Waals surface area contributed by atoms with E-state index in [1.165, 1.54) is 105 Å². The third-order valence-corrected chi connectivity index (χ3v) is 13.9. The summed E-state index contributed by atoms with van der Waals surface area (Å²) in [7, 11) is 2.22. The zero-order valence-electron chi connectivity index (χ0n) is 33.5. The van der Waals surface area contributed by atoms with E-state index >= 15 is 0 Å². The van der Waals surface area contributed by atoms with E-state index in [4.69, 9.17) is 0 Å². The molecular formula is C55H36B2N4. The number of rotatable bonds is 4. The Kier molecular flexibility index (Phi) is 6.63. The third kappa shape index (κ3) is 4.31. The number of fused-ring (bicyclic) bond motifs is 12. The SMILES string of the molecule is CN(c1ccccc1)c1cccc2c1B(c1ccc3c(c1)B1c4c(cccc4N3c3ccccc3)-c3cccc4c5ccccc5n1c34)n1c3ccccc3c3cccc-2c31. The summed E-state index contributed by atoms with van der Waals surface area (Å²) in [6.07, 6.45) is 0. The van der Waals surface area contributed by atoms with Crippen molar-refractivity contribution in [3.05, 3.63) is 200 Å². The fourth-order valence-corrected chi connectivity index (χ4v) is 11.5. The Labute approximate surface area is 354 Å². The first-order chi connectivity index (χ1) is 30.2. The quantitative estimate of drug-likeness (QED) is 0.166. The number of aromatic nitrogens is 2. The number of hydrogen-bond donors (Lipinski definition) is 0. The third-order valence-electron chi connectivity index (χ3n) is 13.9. The highest BCUT2D eigenvalue weighted by molar-refractivity contribution is 6.92. The lowest BCUT2D eigenvalue weighted by Gasteiger charge is -2.41. The second kappa shape index (κ2) is 12.2. The Hall–Kier alpha value is -7.69. The van der Waals surface area contributed by atoms with E-state index in [-0.39, 0.29) is 13.7 Å². The first kappa shape index (κ1) is 33.2. The Balaban J connectivity index is 1.11. The van der Waals surface area contributed by atoms with Crippen molar-refractivity contribution in [1.29, 1.82) is 0 Å². The minimum Gasteiger partial charge on any atom is -0.375 e. The van der Waals surface area contributed by atoms with Crippen molar-refractivity contribution in [3.63, 3.8) is 0 Å². The molecule has 4 nitrogen and oxygen atoms in total. The first-order valence-electron chi connectivity index (χ1n) is 21.3. The van der Waals surface area contributed by atoms with Crippen LogP contribution in [-0.4, -0.2) is 29.7 Å². The van der Waals surface area contributed by atoms with E-state index in [0.29, 0.717) is 0 Å². The fourth-order valence-electron chi connectivity index (χ4n) is 11.5. The molecule has 0 radical (unpaired) electrons. The van der Waals surface area contributed by atoms with Gasteiger partial charge in [-0.05, 0) is 82.1 Å². The molecular weight excluding hydrogens is 738 g/mol. The smallest absolute Gasteiger partial charge is 0.333 e. The Bertz CT molecular complexity index is 3640. The minimum absolute atomic E-state index is 0.0441. The van der Waals surface area contributed by atoms with Crippen LogP contribution in [0.15, 0.2) is 200 Å². The molecule has 0 unspecified atom stereocenters. The molecule has 0 bridgehead atoms. The van der Waals surface area contributed by atoms with Gasteiger partial charge in [-0.2, -0.15) is 0 Å². The van der Waals surface area contributed by atoms with Gasteiger partial charge in [0, 0.05) is 90.2 Å². The largest absolute Gasteiger partial charge is 0.375 e. The van der Waals surface area contributed by atoms with E-state index < -0.39 is 0 Å². The van der Waals surface area contributed by atoms with Gasteiger partial charge in [0.1, 0.15) is 0 Å². The van der Waals surface area contributed by atoms with Crippen molar-refractivity contribution in [2.24, 2.45) is 0 Å². The van der Waals surface area contributed by atoms with Crippen molar-refractivity contribution < 1.29 is 0 Å². The van der Waals surface area contributed by atoms with Gasteiger partial charge in [0.25, 0.3) is 0 Å². The van der Waals surface area contributed by atoms with E-state index in [1.807, 2.05) is 0 Å². The van der Waals surface area contributed by atoms with Crippen molar-refractivity contribution in [3.8, 4) is 22.3 Å². The lowest BCUT2D eigenvalue weighted by atomic mass is 9.42. The van der Waals surface area contributed by atoms with Crippen LogP contribution in [0.4, 0.5) is 28.4 Å². The van der Waals surface area contributed by atoms with E-state index in [1.54, 1.807) is 0 Å². The van der Waals surface area contributed by atoms with Crippen LogP contribution in [0.5, 0.6) is 0 Å². The van der Waals surface area contributed by atoms with Crippen LogP contribution in [0.2, 0.25) is 0 Å². The number of anilines is 5. The van der Waals surface area contributed by atoms with Gasteiger partial charge < -0.3 is 18.8 Å². The highest BCUT2D eigenvalue weighted by Crippen LogP contribution is 2.46. The molecule has 0 atom stereocenters. The summed E-state index contributed by atoms with van der Waals surface area (Å²) in [6.45, 7) is -0.156. The molecule has 61 heavy (non-hydrogen) atoms. The number of para-hydroxylation sites is 6. The maximum absolute atomic E-state index is 2.67. The zero-order chi connectivity index (χ0) is 39.9. The predicted octanol–water partition coefficient (Wildman–Crippen LogP) is 10.7. The first-order valence-corrected chi connectivity index (χ1v) is 21.3. The fraction of sp³-hybridized carbons (Fsp3) is 0.0182. The molecule has 0 saturated carbocycles. The maximum Gasteiger partial charge on any atom is 0.333 e. The molecule has 3 aliphatic heterocycles. The minimum atomic E-state index is -0.112. The lowest BCUT2D eigenvalue weighted by Crippen LogP contribution is -2.59. The van der Waals surface area contributed by atoms with Crippen LogP contribution in [0.3, 0.4) is 0 Å². The Morgan fingerprint density at radius 1 is 0.410 bits per heavy atom. The van der Waals surface area contributed by atoms with Crippen LogP contribution in [0.25, 0.3) is 65.9 Å². The molecule has 0 saturated heterocycles.